The summed E-state index contributed by atoms with van der Waals surface area (Å²) >= 11 is 0. The number of ether oxygens (including phenoxy) is 1. The van der Waals surface area contributed by atoms with E-state index in [0.717, 1.165) is 25.9 Å². The molecule has 0 bridgehead atoms. The number of hydrogen-bond donors (Lipinski definition) is 1. The van der Waals surface area contributed by atoms with Crippen LogP contribution in [0.1, 0.15) is 31.2 Å². The molecule has 1 fully saturated rings. The fourth-order valence-corrected chi connectivity index (χ4v) is 1.45. The second-order valence-corrected chi connectivity index (χ2v) is 3.36. The molecule has 1 aliphatic rings. The third-order valence-corrected chi connectivity index (χ3v) is 2.16. The lowest BCUT2D eigenvalue weighted by Crippen LogP contribution is -2.33. The Morgan fingerprint density at radius 2 is 2.50 bits per heavy atom. The van der Waals surface area contributed by atoms with E-state index in [2.05, 4.69) is 22.4 Å². The first-order chi connectivity index (χ1) is 6.90. The zero-order valence-corrected chi connectivity index (χ0v) is 8.32. The molecule has 14 heavy (non-hydrogen) atoms. The van der Waals surface area contributed by atoms with E-state index in [1.807, 2.05) is 0 Å². The standard InChI is InChI=1S/C9H15N3O2/c1-2-3-8-11-9(12-14-8)7-6-10-4-5-13-7/h7,10H,2-6H2,1H3. The van der Waals surface area contributed by atoms with E-state index < -0.39 is 0 Å². The Morgan fingerprint density at radius 1 is 1.57 bits per heavy atom. The van der Waals surface area contributed by atoms with Crippen molar-refractivity contribution in [2.24, 2.45) is 0 Å². The lowest BCUT2D eigenvalue weighted by Gasteiger charge is -2.20. The van der Waals surface area contributed by atoms with Gasteiger partial charge in [-0.05, 0) is 6.42 Å². The van der Waals surface area contributed by atoms with Crippen molar-refractivity contribution in [2.75, 3.05) is 19.7 Å². The summed E-state index contributed by atoms with van der Waals surface area (Å²) in [6.07, 6.45) is 1.82. The predicted molar refractivity (Wildman–Crippen MR) is 49.9 cm³/mol. The monoisotopic (exact) mass is 197 g/mol. The van der Waals surface area contributed by atoms with Gasteiger partial charge < -0.3 is 14.6 Å². The number of aryl methyl sites for hydroxylation is 1. The molecule has 1 atom stereocenters. The second-order valence-electron chi connectivity index (χ2n) is 3.36. The highest BCUT2D eigenvalue weighted by molar-refractivity contribution is 4.93. The third-order valence-electron chi connectivity index (χ3n) is 2.16. The van der Waals surface area contributed by atoms with Gasteiger partial charge in [-0.15, -0.1) is 0 Å². The summed E-state index contributed by atoms with van der Waals surface area (Å²) in [5.41, 5.74) is 0. The molecule has 0 aromatic carbocycles. The highest BCUT2D eigenvalue weighted by atomic mass is 16.5. The van der Waals surface area contributed by atoms with Crippen LogP contribution in [0, 0.1) is 0 Å². The van der Waals surface area contributed by atoms with Gasteiger partial charge >= 0.3 is 0 Å². The third kappa shape index (κ3) is 2.10. The molecule has 78 valence electrons. The van der Waals surface area contributed by atoms with Gasteiger partial charge in [0.05, 0.1) is 6.61 Å². The van der Waals surface area contributed by atoms with Gasteiger partial charge in [-0.1, -0.05) is 12.1 Å². The van der Waals surface area contributed by atoms with Crippen molar-refractivity contribution in [3.05, 3.63) is 11.7 Å². The van der Waals surface area contributed by atoms with E-state index in [1.165, 1.54) is 0 Å². The molecule has 2 rings (SSSR count). The predicted octanol–water partition coefficient (Wildman–Crippen LogP) is 0.683. The number of nitrogens with one attached hydrogen (secondary N) is 1. The number of hydrogen-bond acceptors (Lipinski definition) is 5. The first kappa shape index (κ1) is 9.61. The summed E-state index contributed by atoms with van der Waals surface area (Å²) in [6.45, 7) is 4.46. The molecule has 2 heterocycles. The highest BCUT2D eigenvalue weighted by Gasteiger charge is 2.20. The molecule has 1 unspecified atom stereocenters. The summed E-state index contributed by atoms with van der Waals surface area (Å²) in [7, 11) is 0. The van der Waals surface area contributed by atoms with Gasteiger partial charge in [0.25, 0.3) is 0 Å². The molecule has 1 aliphatic heterocycles. The maximum atomic E-state index is 5.51. The fourth-order valence-electron chi connectivity index (χ4n) is 1.45. The summed E-state index contributed by atoms with van der Waals surface area (Å²) in [6, 6.07) is 0. The minimum absolute atomic E-state index is 0.0434. The van der Waals surface area contributed by atoms with E-state index >= 15 is 0 Å². The lowest BCUT2D eigenvalue weighted by molar-refractivity contribution is 0.0208. The quantitative estimate of drug-likeness (QED) is 0.772. The number of morpholine rings is 1. The van der Waals surface area contributed by atoms with Gasteiger partial charge in [0.15, 0.2) is 0 Å². The van der Waals surface area contributed by atoms with Crippen LogP contribution in [0.25, 0.3) is 0 Å². The zero-order valence-electron chi connectivity index (χ0n) is 8.32. The fraction of sp³-hybridized carbons (Fsp3) is 0.778. The number of aromatic nitrogens is 2. The van der Waals surface area contributed by atoms with Crippen molar-refractivity contribution >= 4 is 0 Å². The van der Waals surface area contributed by atoms with Crippen LogP contribution in [-0.4, -0.2) is 29.8 Å². The largest absolute Gasteiger partial charge is 0.367 e. The zero-order chi connectivity index (χ0) is 9.80. The molecule has 1 saturated heterocycles. The van der Waals surface area contributed by atoms with E-state index in [1.54, 1.807) is 0 Å². The second kappa shape index (κ2) is 4.52. The highest BCUT2D eigenvalue weighted by Crippen LogP contribution is 2.15. The number of rotatable bonds is 3. The Hall–Kier alpha value is -0.940. The molecular weight excluding hydrogens is 182 g/mol. The SMILES string of the molecule is CCCc1nc(C2CNCCO2)no1. The Bertz CT molecular complexity index is 281. The molecule has 1 aromatic heterocycles. The Labute approximate surface area is 82.8 Å². The molecule has 0 saturated carbocycles. The molecular formula is C9H15N3O2. The topological polar surface area (TPSA) is 60.2 Å². The van der Waals surface area contributed by atoms with Crippen LogP contribution in [0.5, 0.6) is 0 Å². The normalized spacial score (nSPS) is 22.5. The summed E-state index contributed by atoms with van der Waals surface area (Å²) in [5.74, 6) is 1.37. The summed E-state index contributed by atoms with van der Waals surface area (Å²) in [5, 5.41) is 7.14. The molecule has 0 spiro atoms. The van der Waals surface area contributed by atoms with Gasteiger partial charge in [-0.3, -0.25) is 0 Å². The van der Waals surface area contributed by atoms with E-state index in [9.17, 15) is 0 Å². The Morgan fingerprint density at radius 3 is 3.21 bits per heavy atom. The van der Waals surface area contributed by atoms with E-state index in [0.29, 0.717) is 18.3 Å². The maximum Gasteiger partial charge on any atom is 0.226 e. The Balaban J connectivity index is 2.00. The minimum Gasteiger partial charge on any atom is -0.367 e. The van der Waals surface area contributed by atoms with Crippen LogP contribution < -0.4 is 5.32 Å². The lowest BCUT2D eigenvalue weighted by atomic mass is 10.3. The first-order valence-electron chi connectivity index (χ1n) is 5.05. The van der Waals surface area contributed by atoms with E-state index in [4.69, 9.17) is 9.26 Å². The van der Waals surface area contributed by atoms with Crippen LogP contribution in [0.4, 0.5) is 0 Å². The summed E-state index contributed by atoms with van der Waals surface area (Å²) < 4.78 is 10.6. The van der Waals surface area contributed by atoms with E-state index in [-0.39, 0.29) is 6.10 Å². The molecule has 5 heteroatoms. The molecule has 1 aromatic rings. The van der Waals surface area contributed by atoms with Crippen molar-refractivity contribution in [1.82, 2.24) is 15.5 Å². The minimum atomic E-state index is -0.0434. The van der Waals surface area contributed by atoms with Crippen molar-refractivity contribution in [1.29, 1.82) is 0 Å². The smallest absolute Gasteiger partial charge is 0.226 e. The van der Waals surface area contributed by atoms with Crippen LogP contribution in [0.15, 0.2) is 4.52 Å². The molecule has 0 radical (unpaired) electrons. The van der Waals surface area contributed by atoms with Crippen LogP contribution >= 0.6 is 0 Å². The maximum absolute atomic E-state index is 5.51. The van der Waals surface area contributed by atoms with Gasteiger partial charge in [-0.2, -0.15) is 4.98 Å². The van der Waals surface area contributed by atoms with Crippen molar-refractivity contribution < 1.29 is 9.26 Å². The van der Waals surface area contributed by atoms with Crippen molar-refractivity contribution in [3.8, 4) is 0 Å². The van der Waals surface area contributed by atoms with Crippen LogP contribution in [-0.2, 0) is 11.2 Å². The molecule has 0 aliphatic carbocycles. The Kier molecular flexibility index (Phi) is 3.10. The molecule has 1 N–H and O–H groups in total. The van der Waals surface area contributed by atoms with Gasteiger partial charge in [0.1, 0.15) is 6.10 Å². The van der Waals surface area contributed by atoms with Crippen LogP contribution in [0.3, 0.4) is 0 Å². The van der Waals surface area contributed by atoms with Crippen LogP contribution in [0.2, 0.25) is 0 Å². The molecule has 5 nitrogen and oxygen atoms in total. The first-order valence-corrected chi connectivity index (χ1v) is 5.05. The van der Waals surface area contributed by atoms with Crippen molar-refractivity contribution in [2.45, 2.75) is 25.9 Å². The average Bonchev–Trinajstić information content (AvgIpc) is 2.68. The molecule has 0 amide bonds. The number of nitrogens with zero attached hydrogens (tertiary/aromatic N) is 2. The van der Waals surface area contributed by atoms with Crippen molar-refractivity contribution in [3.63, 3.8) is 0 Å². The van der Waals surface area contributed by atoms with Gasteiger partial charge in [0, 0.05) is 19.5 Å². The van der Waals surface area contributed by atoms with Gasteiger partial charge in [-0.25, -0.2) is 0 Å². The van der Waals surface area contributed by atoms with Gasteiger partial charge in [0.2, 0.25) is 11.7 Å². The average molecular weight is 197 g/mol. The summed E-state index contributed by atoms with van der Waals surface area (Å²) in [4.78, 5) is 4.28.